The third kappa shape index (κ3) is 1.97. The molecule has 2 aromatic carbocycles. The van der Waals surface area contributed by atoms with Crippen LogP contribution in [0.2, 0.25) is 0 Å². The van der Waals surface area contributed by atoms with Gasteiger partial charge in [0.2, 0.25) is 0 Å². The van der Waals surface area contributed by atoms with Crippen molar-refractivity contribution >= 4 is 11.0 Å². The number of nitrogens with one attached hydrogen (secondary N) is 1. The Morgan fingerprint density at radius 1 is 1.19 bits per heavy atom. The van der Waals surface area contributed by atoms with Gasteiger partial charge in [0.25, 0.3) is 0 Å². The molecule has 3 N–H and O–H groups in total. The lowest BCUT2D eigenvalue weighted by atomic mass is 9.73. The normalized spacial score (nSPS) is 18.3. The van der Waals surface area contributed by atoms with Crippen LogP contribution < -0.4 is 11.3 Å². The Kier molecular flexibility index (Phi) is 2.84. The van der Waals surface area contributed by atoms with E-state index in [0.717, 1.165) is 23.2 Å². The zero-order chi connectivity index (χ0) is 14.4. The average molecular weight is 278 g/mol. The van der Waals surface area contributed by atoms with Crippen LogP contribution in [0.3, 0.4) is 0 Å². The van der Waals surface area contributed by atoms with Crippen molar-refractivity contribution < 1.29 is 4.42 Å². The summed E-state index contributed by atoms with van der Waals surface area (Å²) in [4.78, 5) is 0. The smallest absolute Gasteiger partial charge is 0.134 e. The van der Waals surface area contributed by atoms with Crippen LogP contribution >= 0.6 is 0 Å². The first-order valence-electron chi connectivity index (χ1n) is 7.30. The Balaban J connectivity index is 1.72. The van der Waals surface area contributed by atoms with Crippen LogP contribution in [0.5, 0.6) is 0 Å². The molecule has 1 aliphatic rings. The highest BCUT2D eigenvalue weighted by molar-refractivity contribution is 5.78. The van der Waals surface area contributed by atoms with Crippen LogP contribution in [0.1, 0.15) is 34.4 Å². The molecule has 1 aromatic heterocycles. The minimum Gasteiger partial charge on any atom is -0.459 e. The molecule has 3 heteroatoms. The van der Waals surface area contributed by atoms with Crippen molar-refractivity contribution in [1.29, 1.82) is 0 Å². The first-order valence-corrected chi connectivity index (χ1v) is 7.30. The molecule has 0 saturated heterocycles. The van der Waals surface area contributed by atoms with Crippen molar-refractivity contribution in [1.82, 2.24) is 5.43 Å². The average Bonchev–Trinajstić information content (AvgIpc) is 2.87. The summed E-state index contributed by atoms with van der Waals surface area (Å²) in [5.74, 6) is 7.11. The number of hydrazine groups is 1. The molecule has 0 spiro atoms. The lowest BCUT2D eigenvalue weighted by molar-refractivity contribution is 0.358. The lowest BCUT2D eigenvalue weighted by Crippen LogP contribution is -2.36. The van der Waals surface area contributed by atoms with E-state index in [1.807, 2.05) is 6.07 Å². The molecule has 0 bridgehead atoms. The Labute approximate surface area is 123 Å². The third-order valence-corrected chi connectivity index (χ3v) is 4.47. The van der Waals surface area contributed by atoms with Gasteiger partial charge in [-0.15, -0.1) is 0 Å². The van der Waals surface area contributed by atoms with E-state index in [1.165, 1.54) is 16.7 Å². The van der Waals surface area contributed by atoms with Gasteiger partial charge in [0.1, 0.15) is 11.3 Å². The van der Waals surface area contributed by atoms with Crippen LogP contribution in [0.25, 0.3) is 11.0 Å². The first-order chi connectivity index (χ1) is 10.3. The molecule has 0 aliphatic heterocycles. The lowest BCUT2D eigenvalue weighted by Gasteiger charge is -2.35. The standard InChI is InChI=1S/C18H18N2O/c1-11-6-7-16-13(8-11)10-17(21-16)18(20-19)15-9-12-4-2-3-5-14(12)15/h2-8,10,15,18,20H,9,19H2,1H3. The van der Waals surface area contributed by atoms with E-state index in [2.05, 4.69) is 54.8 Å². The fraction of sp³-hybridized carbons (Fsp3) is 0.222. The van der Waals surface area contributed by atoms with Crippen molar-refractivity contribution in [3.8, 4) is 0 Å². The second-order valence-corrected chi connectivity index (χ2v) is 5.84. The van der Waals surface area contributed by atoms with Crippen LogP contribution in [-0.2, 0) is 6.42 Å². The van der Waals surface area contributed by atoms with Gasteiger partial charge < -0.3 is 4.42 Å². The Morgan fingerprint density at radius 3 is 2.86 bits per heavy atom. The Bertz CT molecular complexity index is 806. The van der Waals surface area contributed by atoms with Crippen molar-refractivity contribution in [3.63, 3.8) is 0 Å². The van der Waals surface area contributed by atoms with Gasteiger partial charge in [0, 0.05) is 11.3 Å². The largest absolute Gasteiger partial charge is 0.459 e. The van der Waals surface area contributed by atoms with Crippen LogP contribution in [-0.4, -0.2) is 0 Å². The van der Waals surface area contributed by atoms with E-state index in [1.54, 1.807) is 0 Å². The number of hydrogen-bond donors (Lipinski definition) is 2. The number of nitrogens with two attached hydrogens (primary N) is 1. The van der Waals surface area contributed by atoms with Gasteiger partial charge in [-0.1, -0.05) is 35.9 Å². The molecule has 4 rings (SSSR count). The molecule has 21 heavy (non-hydrogen) atoms. The van der Waals surface area contributed by atoms with Gasteiger partial charge in [-0.25, -0.2) is 5.43 Å². The topological polar surface area (TPSA) is 51.2 Å². The van der Waals surface area contributed by atoms with Crippen molar-refractivity contribution in [2.75, 3.05) is 0 Å². The highest BCUT2D eigenvalue weighted by atomic mass is 16.3. The van der Waals surface area contributed by atoms with Gasteiger partial charge >= 0.3 is 0 Å². The summed E-state index contributed by atoms with van der Waals surface area (Å²) in [5.41, 5.74) is 7.88. The van der Waals surface area contributed by atoms with E-state index >= 15 is 0 Å². The summed E-state index contributed by atoms with van der Waals surface area (Å²) in [6.07, 6.45) is 1.04. The molecule has 2 unspecified atom stereocenters. The molecule has 3 aromatic rings. The summed E-state index contributed by atoms with van der Waals surface area (Å²) in [7, 11) is 0. The summed E-state index contributed by atoms with van der Waals surface area (Å²) < 4.78 is 6.01. The van der Waals surface area contributed by atoms with Gasteiger partial charge in [-0.2, -0.15) is 0 Å². The Morgan fingerprint density at radius 2 is 2.05 bits per heavy atom. The van der Waals surface area contributed by atoms with Crippen molar-refractivity contribution in [2.45, 2.75) is 25.3 Å². The van der Waals surface area contributed by atoms with E-state index in [0.29, 0.717) is 5.92 Å². The molecule has 0 amide bonds. The predicted molar refractivity (Wildman–Crippen MR) is 83.9 cm³/mol. The van der Waals surface area contributed by atoms with Gasteiger partial charge in [0.15, 0.2) is 0 Å². The van der Waals surface area contributed by atoms with Gasteiger partial charge in [-0.3, -0.25) is 5.84 Å². The number of furan rings is 1. The molecular formula is C18H18N2O. The van der Waals surface area contributed by atoms with Crippen LogP contribution in [0.15, 0.2) is 52.9 Å². The summed E-state index contributed by atoms with van der Waals surface area (Å²) >= 11 is 0. The van der Waals surface area contributed by atoms with E-state index < -0.39 is 0 Å². The van der Waals surface area contributed by atoms with Gasteiger partial charge in [-0.05, 0) is 42.7 Å². The maximum absolute atomic E-state index is 6.01. The zero-order valence-corrected chi connectivity index (χ0v) is 12.0. The maximum Gasteiger partial charge on any atom is 0.134 e. The number of hydrogen-bond acceptors (Lipinski definition) is 3. The second kappa shape index (κ2) is 4.72. The minimum absolute atomic E-state index is 0.0209. The molecule has 106 valence electrons. The zero-order valence-electron chi connectivity index (χ0n) is 12.0. The number of rotatable bonds is 3. The van der Waals surface area contributed by atoms with Gasteiger partial charge in [0.05, 0.1) is 6.04 Å². The monoisotopic (exact) mass is 278 g/mol. The van der Waals surface area contributed by atoms with E-state index in [-0.39, 0.29) is 6.04 Å². The minimum atomic E-state index is 0.0209. The molecule has 0 saturated carbocycles. The summed E-state index contributed by atoms with van der Waals surface area (Å²) in [6.45, 7) is 2.09. The maximum atomic E-state index is 6.01. The van der Waals surface area contributed by atoms with Crippen molar-refractivity contribution in [3.05, 3.63) is 71.0 Å². The SMILES string of the molecule is Cc1ccc2oc(C(NN)C3Cc4ccccc43)cc2c1. The highest BCUT2D eigenvalue weighted by Gasteiger charge is 2.34. The number of aryl methyl sites for hydroxylation is 1. The molecule has 0 radical (unpaired) electrons. The number of benzene rings is 2. The fourth-order valence-electron chi connectivity index (χ4n) is 3.33. The molecular weight excluding hydrogens is 260 g/mol. The molecule has 2 atom stereocenters. The highest BCUT2D eigenvalue weighted by Crippen LogP contribution is 2.44. The first kappa shape index (κ1) is 12.6. The van der Waals surface area contributed by atoms with E-state index in [9.17, 15) is 0 Å². The predicted octanol–water partition coefficient (Wildman–Crippen LogP) is 3.59. The fourth-order valence-corrected chi connectivity index (χ4v) is 3.33. The quantitative estimate of drug-likeness (QED) is 0.568. The number of fused-ring (bicyclic) bond motifs is 2. The molecule has 1 aliphatic carbocycles. The van der Waals surface area contributed by atoms with Crippen LogP contribution in [0.4, 0.5) is 0 Å². The molecule has 0 fully saturated rings. The Hall–Kier alpha value is -2.10. The van der Waals surface area contributed by atoms with Crippen LogP contribution in [0, 0.1) is 6.92 Å². The van der Waals surface area contributed by atoms with Crippen molar-refractivity contribution in [2.24, 2.45) is 5.84 Å². The summed E-state index contributed by atoms with van der Waals surface area (Å²) in [5, 5.41) is 1.14. The molecule has 3 nitrogen and oxygen atoms in total. The second-order valence-electron chi connectivity index (χ2n) is 5.84. The third-order valence-electron chi connectivity index (χ3n) is 4.47. The summed E-state index contributed by atoms with van der Waals surface area (Å²) in [6, 6.07) is 16.9. The van der Waals surface area contributed by atoms with E-state index in [4.69, 9.17) is 10.3 Å². The molecule has 1 heterocycles.